The third-order valence-electron chi connectivity index (χ3n) is 2.03. The minimum Gasteiger partial charge on any atom is -0.392 e. The molecule has 15 heavy (non-hydrogen) atoms. The van der Waals surface area contributed by atoms with E-state index in [1.54, 1.807) is 24.8 Å². The van der Waals surface area contributed by atoms with Gasteiger partial charge in [-0.15, -0.1) is 0 Å². The summed E-state index contributed by atoms with van der Waals surface area (Å²) in [7, 11) is 0. The second-order valence-electron chi connectivity index (χ2n) is 3.20. The van der Waals surface area contributed by atoms with Gasteiger partial charge in [-0.3, -0.25) is 4.98 Å². The lowest BCUT2D eigenvalue weighted by atomic mass is 10.2. The monoisotopic (exact) mass is 201 g/mol. The van der Waals surface area contributed by atoms with Gasteiger partial charge < -0.3 is 5.11 Å². The molecule has 0 saturated heterocycles. The van der Waals surface area contributed by atoms with E-state index in [4.69, 9.17) is 5.11 Å². The summed E-state index contributed by atoms with van der Waals surface area (Å²) in [6.07, 6.45) is 7.47. The molecular weight excluding hydrogens is 190 g/mol. The maximum atomic E-state index is 8.83. The lowest BCUT2D eigenvalue weighted by Gasteiger charge is -2.00. The highest BCUT2D eigenvalue weighted by molar-refractivity contribution is 5.15. The topological polar surface area (TPSA) is 58.9 Å². The largest absolute Gasteiger partial charge is 0.392 e. The minimum atomic E-state index is -0.0207. The van der Waals surface area contributed by atoms with E-state index in [9.17, 15) is 0 Å². The van der Waals surface area contributed by atoms with Gasteiger partial charge >= 0.3 is 0 Å². The van der Waals surface area contributed by atoms with Gasteiger partial charge in [0.15, 0.2) is 0 Å². The Morgan fingerprint density at radius 1 is 1.07 bits per heavy atom. The van der Waals surface area contributed by atoms with Crippen molar-refractivity contribution in [1.29, 1.82) is 0 Å². The van der Waals surface area contributed by atoms with Gasteiger partial charge in [0.2, 0.25) is 0 Å². The first kappa shape index (κ1) is 9.73. The maximum absolute atomic E-state index is 8.83. The number of nitrogens with zero attached hydrogens (tertiary/aromatic N) is 3. The van der Waals surface area contributed by atoms with Gasteiger partial charge in [-0.1, -0.05) is 6.07 Å². The molecule has 0 atom stereocenters. The second-order valence-corrected chi connectivity index (χ2v) is 3.20. The van der Waals surface area contributed by atoms with Crippen LogP contribution in [-0.4, -0.2) is 20.1 Å². The summed E-state index contributed by atoms with van der Waals surface area (Å²) >= 11 is 0. The van der Waals surface area contributed by atoms with E-state index in [1.807, 2.05) is 12.1 Å². The van der Waals surface area contributed by atoms with E-state index in [-0.39, 0.29) is 6.61 Å². The number of pyridine rings is 1. The molecule has 0 aromatic carbocycles. The first-order chi connectivity index (χ1) is 7.38. The Morgan fingerprint density at radius 3 is 2.47 bits per heavy atom. The smallest absolute Gasteiger partial charge is 0.132 e. The molecule has 0 fully saturated rings. The van der Waals surface area contributed by atoms with Crippen molar-refractivity contribution in [2.75, 3.05) is 0 Å². The molecule has 4 heteroatoms. The maximum Gasteiger partial charge on any atom is 0.132 e. The molecule has 0 bridgehead atoms. The van der Waals surface area contributed by atoms with Crippen molar-refractivity contribution in [1.82, 2.24) is 15.0 Å². The quantitative estimate of drug-likeness (QED) is 0.803. The van der Waals surface area contributed by atoms with E-state index in [1.165, 1.54) is 0 Å². The fourth-order valence-electron chi connectivity index (χ4n) is 1.24. The fourth-order valence-corrected chi connectivity index (χ4v) is 1.24. The third-order valence-corrected chi connectivity index (χ3v) is 2.03. The summed E-state index contributed by atoms with van der Waals surface area (Å²) in [6, 6.07) is 3.87. The first-order valence-corrected chi connectivity index (χ1v) is 4.68. The number of aliphatic hydroxyl groups is 1. The molecule has 2 rings (SSSR count). The highest BCUT2D eigenvalue weighted by Crippen LogP contribution is 2.03. The van der Waals surface area contributed by atoms with Crippen molar-refractivity contribution in [2.45, 2.75) is 13.0 Å². The Labute approximate surface area is 87.7 Å². The predicted octanol–water partition coefficient (Wildman–Crippen LogP) is 0.955. The molecule has 0 saturated carbocycles. The zero-order valence-corrected chi connectivity index (χ0v) is 8.17. The summed E-state index contributed by atoms with van der Waals surface area (Å²) in [6.45, 7) is -0.0207. The zero-order chi connectivity index (χ0) is 10.5. The van der Waals surface area contributed by atoms with Crippen LogP contribution in [0.1, 0.15) is 17.0 Å². The molecule has 0 amide bonds. The van der Waals surface area contributed by atoms with E-state index in [2.05, 4.69) is 15.0 Å². The molecule has 1 N–H and O–H groups in total. The average Bonchev–Trinajstić information content (AvgIpc) is 2.31. The van der Waals surface area contributed by atoms with E-state index >= 15 is 0 Å². The van der Waals surface area contributed by atoms with Gasteiger partial charge in [0.1, 0.15) is 5.82 Å². The van der Waals surface area contributed by atoms with Crippen molar-refractivity contribution in [2.24, 2.45) is 0 Å². The van der Waals surface area contributed by atoms with Gasteiger partial charge in [0.05, 0.1) is 6.61 Å². The van der Waals surface area contributed by atoms with Crippen molar-refractivity contribution in [3.8, 4) is 0 Å². The lowest BCUT2D eigenvalue weighted by Crippen LogP contribution is -1.98. The molecule has 2 aromatic rings. The molecule has 0 spiro atoms. The minimum absolute atomic E-state index is 0.0207. The van der Waals surface area contributed by atoms with Gasteiger partial charge in [-0.05, 0) is 11.6 Å². The molecular formula is C11H11N3O. The number of rotatable bonds is 3. The molecule has 76 valence electrons. The number of hydrogen-bond donors (Lipinski definition) is 1. The summed E-state index contributed by atoms with van der Waals surface area (Å²) in [5, 5.41) is 8.83. The average molecular weight is 201 g/mol. The Balaban J connectivity index is 2.11. The van der Waals surface area contributed by atoms with Crippen LogP contribution in [0.4, 0.5) is 0 Å². The third kappa shape index (κ3) is 2.57. The number of hydrogen-bond acceptors (Lipinski definition) is 4. The van der Waals surface area contributed by atoms with Crippen LogP contribution in [-0.2, 0) is 13.0 Å². The Hall–Kier alpha value is -1.81. The van der Waals surface area contributed by atoms with E-state index < -0.39 is 0 Å². The molecule has 0 aliphatic carbocycles. The van der Waals surface area contributed by atoms with E-state index in [0.717, 1.165) is 17.0 Å². The van der Waals surface area contributed by atoms with Crippen molar-refractivity contribution < 1.29 is 5.11 Å². The lowest BCUT2D eigenvalue weighted by molar-refractivity contribution is 0.280. The van der Waals surface area contributed by atoms with Crippen molar-refractivity contribution >= 4 is 0 Å². The zero-order valence-electron chi connectivity index (χ0n) is 8.17. The molecule has 0 unspecified atom stereocenters. The standard InChI is InChI=1S/C11H11N3O/c15-8-10-6-13-11(14-7-10)4-9-2-1-3-12-5-9/h1-3,5-7,15H,4,8H2. The van der Waals surface area contributed by atoms with Crippen molar-refractivity contribution in [3.05, 3.63) is 53.9 Å². The van der Waals surface area contributed by atoms with Crippen LogP contribution in [0.5, 0.6) is 0 Å². The van der Waals surface area contributed by atoms with Crippen LogP contribution in [0, 0.1) is 0 Å². The summed E-state index contributed by atoms with van der Waals surface area (Å²) < 4.78 is 0. The Morgan fingerprint density at radius 2 is 1.87 bits per heavy atom. The van der Waals surface area contributed by atoms with Gasteiger partial charge in [0, 0.05) is 36.8 Å². The van der Waals surface area contributed by atoms with Crippen LogP contribution in [0.15, 0.2) is 36.9 Å². The number of aliphatic hydroxyl groups excluding tert-OH is 1. The van der Waals surface area contributed by atoms with Crippen LogP contribution < -0.4 is 0 Å². The first-order valence-electron chi connectivity index (χ1n) is 4.68. The molecule has 0 aliphatic rings. The fraction of sp³-hybridized carbons (Fsp3) is 0.182. The highest BCUT2D eigenvalue weighted by atomic mass is 16.3. The summed E-state index contributed by atoms with van der Waals surface area (Å²) in [5.74, 6) is 0.736. The summed E-state index contributed by atoms with van der Waals surface area (Å²) in [4.78, 5) is 12.3. The normalized spacial score (nSPS) is 10.2. The Kier molecular flexibility index (Phi) is 2.99. The van der Waals surface area contributed by atoms with Crippen LogP contribution in [0.25, 0.3) is 0 Å². The molecule has 4 nitrogen and oxygen atoms in total. The molecule has 0 aliphatic heterocycles. The van der Waals surface area contributed by atoms with Gasteiger partial charge in [-0.2, -0.15) is 0 Å². The van der Waals surface area contributed by atoms with Crippen LogP contribution in [0.3, 0.4) is 0 Å². The van der Waals surface area contributed by atoms with Crippen LogP contribution in [0.2, 0.25) is 0 Å². The highest BCUT2D eigenvalue weighted by Gasteiger charge is 1.99. The molecule has 2 aromatic heterocycles. The van der Waals surface area contributed by atoms with Gasteiger partial charge in [0.25, 0.3) is 0 Å². The summed E-state index contributed by atoms with van der Waals surface area (Å²) in [5.41, 5.74) is 1.80. The van der Waals surface area contributed by atoms with Gasteiger partial charge in [-0.25, -0.2) is 9.97 Å². The van der Waals surface area contributed by atoms with E-state index in [0.29, 0.717) is 6.42 Å². The predicted molar refractivity (Wildman–Crippen MR) is 55.0 cm³/mol. The van der Waals surface area contributed by atoms with Crippen LogP contribution >= 0.6 is 0 Å². The van der Waals surface area contributed by atoms with Crippen molar-refractivity contribution in [3.63, 3.8) is 0 Å². The second kappa shape index (κ2) is 4.61. The molecule has 0 radical (unpaired) electrons. The number of aromatic nitrogens is 3. The molecule has 2 heterocycles. The Bertz CT molecular complexity index is 414. The SMILES string of the molecule is OCc1cnc(Cc2cccnc2)nc1.